The van der Waals surface area contributed by atoms with Crippen LogP contribution in [0, 0.1) is 0 Å². The summed E-state index contributed by atoms with van der Waals surface area (Å²) in [5.74, 6) is -0.0600. The standard InChI is InChI=1S/C12H20N2O3/c1-17-12(16)10-5-3-7-14(10)9-4-2-6-13-11(15)8-9/h9-10H,2-8H2,1H3,(H,13,15). The van der Waals surface area contributed by atoms with Crippen LogP contribution in [-0.4, -0.2) is 49.1 Å². The molecule has 2 aliphatic heterocycles. The SMILES string of the molecule is COC(=O)C1CCCN1C1CCCNC(=O)C1. The maximum Gasteiger partial charge on any atom is 0.323 e. The van der Waals surface area contributed by atoms with Crippen molar-refractivity contribution in [1.29, 1.82) is 0 Å². The highest BCUT2D eigenvalue weighted by molar-refractivity contribution is 5.78. The zero-order chi connectivity index (χ0) is 12.3. The van der Waals surface area contributed by atoms with Crippen LogP contribution in [-0.2, 0) is 14.3 Å². The molecule has 0 bridgehead atoms. The van der Waals surface area contributed by atoms with E-state index in [9.17, 15) is 9.59 Å². The molecule has 96 valence electrons. The molecule has 0 aromatic heterocycles. The van der Waals surface area contributed by atoms with Gasteiger partial charge >= 0.3 is 5.97 Å². The first-order valence-electron chi connectivity index (χ1n) is 6.32. The zero-order valence-electron chi connectivity index (χ0n) is 10.3. The molecule has 1 amide bonds. The predicted octanol–water partition coefficient (Wildman–Crippen LogP) is 0.292. The molecule has 1 N–H and O–H groups in total. The minimum absolute atomic E-state index is 0.100. The number of rotatable bonds is 2. The number of carbonyl (C=O) groups is 2. The molecule has 2 aliphatic rings. The Morgan fingerprint density at radius 2 is 2.24 bits per heavy atom. The van der Waals surface area contributed by atoms with Crippen molar-refractivity contribution in [3.8, 4) is 0 Å². The number of ether oxygens (including phenoxy) is 1. The fourth-order valence-electron chi connectivity index (χ4n) is 2.85. The molecule has 0 radical (unpaired) electrons. The third-order valence-corrected chi connectivity index (χ3v) is 3.69. The minimum Gasteiger partial charge on any atom is -0.468 e. The molecule has 17 heavy (non-hydrogen) atoms. The van der Waals surface area contributed by atoms with E-state index in [0.29, 0.717) is 6.42 Å². The molecular formula is C12H20N2O3. The lowest BCUT2D eigenvalue weighted by atomic mass is 10.1. The maximum absolute atomic E-state index is 11.7. The monoisotopic (exact) mass is 240 g/mol. The van der Waals surface area contributed by atoms with E-state index >= 15 is 0 Å². The lowest BCUT2D eigenvalue weighted by molar-refractivity contribution is -0.147. The lowest BCUT2D eigenvalue weighted by Crippen LogP contribution is -2.44. The summed E-state index contributed by atoms with van der Waals surface area (Å²) in [4.78, 5) is 25.4. The van der Waals surface area contributed by atoms with Crippen LogP contribution >= 0.6 is 0 Å². The number of nitrogens with one attached hydrogen (secondary N) is 1. The Kier molecular flexibility index (Phi) is 3.99. The Morgan fingerprint density at radius 1 is 1.41 bits per heavy atom. The van der Waals surface area contributed by atoms with Crippen LogP contribution in [0.4, 0.5) is 0 Å². The highest BCUT2D eigenvalue weighted by Gasteiger charge is 2.37. The van der Waals surface area contributed by atoms with Gasteiger partial charge in [0.05, 0.1) is 7.11 Å². The smallest absolute Gasteiger partial charge is 0.323 e. The van der Waals surface area contributed by atoms with Gasteiger partial charge in [-0.3, -0.25) is 14.5 Å². The fourth-order valence-corrected chi connectivity index (χ4v) is 2.85. The summed E-state index contributed by atoms with van der Waals surface area (Å²) in [5.41, 5.74) is 0. The fraction of sp³-hybridized carbons (Fsp3) is 0.833. The number of hydrogen-bond acceptors (Lipinski definition) is 4. The van der Waals surface area contributed by atoms with E-state index < -0.39 is 0 Å². The summed E-state index contributed by atoms with van der Waals surface area (Å²) in [6, 6.07) is 0.0556. The van der Waals surface area contributed by atoms with Crippen LogP contribution in [0.3, 0.4) is 0 Å². The van der Waals surface area contributed by atoms with Crippen LogP contribution in [0.15, 0.2) is 0 Å². The molecule has 2 saturated heterocycles. The van der Waals surface area contributed by atoms with Gasteiger partial charge in [-0.1, -0.05) is 0 Å². The van der Waals surface area contributed by atoms with Gasteiger partial charge in [-0.25, -0.2) is 0 Å². The molecule has 5 heteroatoms. The molecule has 0 aliphatic carbocycles. The van der Waals surface area contributed by atoms with Crippen LogP contribution in [0.25, 0.3) is 0 Å². The van der Waals surface area contributed by atoms with Crippen molar-refractivity contribution in [2.45, 2.75) is 44.2 Å². The summed E-state index contributed by atoms with van der Waals surface area (Å²) >= 11 is 0. The highest BCUT2D eigenvalue weighted by atomic mass is 16.5. The van der Waals surface area contributed by atoms with Gasteiger partial charge in [0.1, 0.15) is 6.04 Å². The number of esters is 1. The van der Waals surface area contributed by atoms with E-state index in [4.69, 9.17) is 4.74 Å². The Hall–Kier alpha value is -1.10. The van der Waals surface area contributed by atoms with E-state index in [1.165, 1.54) is 7.11 Å². The molecule has 2 unspecified atom stereocenters. The second-order valence-electron chi connectivity index (χ2n) is 4.77. The van der Waals surface area contributed by atoms with E-state index in [1.54, 1.807) is 0 Å². The Bertz CT molecular complexity index is 306. The van der Waals surface area contributed by atoms with Gasteiger partial charge in [0.15, 0.2) is 0 Å². The molecule has 0 aromatic rings. The Balaban J connectivity index is 2.03. The first kappa shape index (κ1) is 12.4. The number of hydrogen-bond donors (Lipinski definition) is 1. The molecule has 2 fully saturated rings. The van der Waals surface area contributed by atoms with Crippen LogP contribution in [0.1, 0.15) is 32.1 Å². The average molecular weight is 240 g/mol. The van der Waals surface area contributed by atoms with Gasteiger partial charge < -0.3 is 10.1 Å². The number of nitrogens with zero attached hydrogens (tertiary/aromatic N) is 1. The van der Waals surface area contributed by atoms with Crippen molar-refractivity contribution in [3.63, 3.8) is 0 Å². The van der Waals surface area contributed by atoms with E-state index in [-0.39, 0.29) is 24.0 Å². The van der Waals surface area contributed by atoms with Crippen molar-refractivity contribution in [1.82, 2.24) is 10.2 Å². The molecule has 0 spiro atoms. The van der Waals surface area contributed by atoms with Crippen LogP contribution in [0.2, 0.25) is 0 Å². The Labute approximate surface area is 101 Å². The first-order chi connectivity index (χ1) is 8.22. The molecule has 2 atom stereocenters. The van der Waals surface area contributed by atoms with Gasteiger partial charge in [-0.2, -0.15) is 0 Å². The molecule has 2 rings (SSSR count). The topological polar surface area (TPSA) is 58.6 Å². The van der Waals surface area contributed by atoms with Gasteiger partial charge in [0, 0.05) is 19.0 Å². The number of likely N-dealkylation sites (tertiary alicyclic amines) is 1. The van der Waals surface area contributed by atoms with Crippen molar-refractivity contribution in [3.05, 3.63) is 0 Å². The quantitative estimate of drug-likeness (QED) is 0.705. The molecule has 0 aromatic carbocycles. The summed E-state index contributed by atoms with van der Waals surface area (Å²) < 4.78 is 4.83. The lowest BCUT2D eigenvalue weighted by Gasteiger charge is -2.30. The largest absolute Gasteiger partial charge is 0.468 e. The molecule has 2 heterocycles. The molecule has 0 saturated carbocycles. The summed E-state index contributed by atoms with van der Waals surface area (Å²) in [5, 5.41) is 2.87. The Morgan fingerprint density at radius 3 is 3.00 bits per heavy atom. The van der Waals surface area contributed by atoms with Crippen LogP contribution < -0.4 is 5.32 Å². The van der Waals surface area contributed by atoms with Crippen molar-refractivity contribution in [2.24, 2.45) is 0 Å². The number of carbonyl (C=O) groups excluding carboxylic acids is 2. The van der Waals surface area contributed by atoms with Crippen LogP contribution in [0.5, 0.6) is 0 Å². The second-order valence-corrected chi connectivity index (χ2v) is 4.77. The average Bonchev–Trinajstić information content (AvgIpc) is 2.71. The van der Waals surface area contributed by atoms with Gasteiger partial charge in [0.25, 0.3) is 0 Å². The number of amides is 1. The summed E-state index contributed by atoms with van der Waals surface area (Å²) in [6.45, 7) is 1.66. The maximum atomic E-state index is 11.7. The first-order valence-corrected chi connectivity index (χ1v) is 6.32. The van der Waals surface area contributed by atoms with Gasteiger partial charge in [-0.05, 0) is 32.2 Å². The van der Waals surface area contributed by atoms with E-state index in [2.05, 4.69) is 10.2 Å². The van der Waals surface area contributed by atoms with Crippen molar-refractivity contribution < 1.29 is 14.3 Å². The predicted molar refractivity (Wildman–Crippen MR) is 62.4 cm³/mol. The van der Waals surface area contributed by atoms with Crippen molar-refractivity contribution in [2.75, 3.05) is 20.2 Å². The van der Waals surface area contributed by atoms with Gasteiger partial charge in [-0.15, -0.1) is 0 Å². The van der Waals surface area contributed by atoms with E-state index in [0.717, 1.165) is 38.8 Å². The summed E-state index contributed by atoms with van der Waals surface area (Å²) in [6.07, 6.45) is 4.34. The highest BCUT2D eigenvalue weighted by Crippen LogP contribution is 2.25. The molecular weight excluding hydrogens is 220 g/mol. The normalized spacial score (nSPS) is 30.8. The summed E-state index contributed by atoms with van der Waals surface area (Å²) in [7, 11) is 1.43. The van der Waals surface area contributed by atoms with E-state index in [1.807, 2.05) is 0 Å². The second kappa shape index (κ2) is 5.49. The van der Waals surface area contributed by atoms with Gasteiger partial charge in [0.2, 0.25) is 5.91 Å². The van der Waals surface area contributed by atoms with Crippen molar-refractivity contribution >= 4 is 11.9 Å². The zero-order valence-corrected chi connectivity index (χ0v) is 10.3. The molecule has 5 nitrogen and oxygen atoms in total. The third-order valence-electron chi connectivity index (χ3n) is 3.69. The minimum atomic E-state index is -0.160. The third kappa shape index (κ3) is 2.77. The number of methoxy groups -OCH3 is 1.